The highest BCUT2D eigenvalue weighted by molar-refractivity contribution is 6.07. The summed E-state index contributed by atoms with van der Waals surface area (Å²) in [7, 11) is 1.91. The molecule has 0 fully saturated rings. The quantitative estimate of drug-likeness (QED) is 0.637. The van der Waals surface area contributed by atoms with Crippen LogP contribution in [-0.2, 0) is 0 Å². The van der Waals surface area contributed by atoms with Gasteiger partial charge >= 0.3 is 0 Å². The molecule has 2 rings (SSSR count). The van der Waals surface area contributed by atoms with Crippen molar-refractivity contribution in [1.29, 1.82) is 5.41 Å². The van der Waals surface area contributed by atoms with Crippen LogP contribution in [0.15, 0.2) is 60.7 Å². The lowest BCUT2D eigenvalue weighted by atomic mass is 10.2. The molecule has 0 saturated heterocycles. The van der Waals surface area contributed by atoms with Crippen molar-refractivity contribution in [2.45, 2.75) is 0 Å². The minimum Gasteiger partial charge on any atom is -0.329 e. The molecule has 17 heavy (non-hydrogen) atoms. The molecule has 0 bridgehead atoms. The van der Waals surface area contributed by atoms with Crippen LogP contribution in [0.4, 0.5) is 5.69 Å². The van der Waals surface area contributed by atoms with Gasteiger partial charge in [-0.15, -0.1) is 12.4 Å². The molecular weight excluding hydrogens is 232 g/mol. The fraction of sp³-hybridized carbons (Fsp3) is 0.0714. The van der Waals surface area contributed by atoms with Crippen LogP contribution in [0.3, 0.4) is 0 Å². The molecule has 0 spiro atoms. The number of nitrogens with one attached hydrogen (secondary N) is 1. The van der Waals surface area contributed by atoms with Gasteiger partial charge in [-0.2, -0.15) is 0 Å². The van der Waals surface area contributed by atoms with Gasteiger partial charge in [0.05, 0.1) is 0 Å². The summed E-state index contributed by atoms with van der Waals surface area (Å²) in [5.74, 6) is 0.506. The third-order valence-electron chi connectivity index (χ3n) is 2.53. The highest BCUT2D eigenvalue weighted by Crippen LogP contribution is 2.14. The minimum absolute atomic E-state index is 0. The van der Waals surface area contributed by atoms with E-state index in [0.29, 0.717) is 5.84 Å². The van der Waals surface area contributed by atoms with Crippen LogP contribution in [0.1, 0.15) is 5.56 Å². The molecular formula is C14H15ClN2. The van der Waals surface area contributed by atoms with Crippen LogP contribution in [0.25, 0.3) is 0 Å². The van der Waals surface area contributed by atoms with Crippen molar-refractivity contribution in [3.8, 4) is 0 Å². The van der Waals surface area contributed by atoms with Gasteiger partial charge in [0.2, 0.25) is 0 Å². The SMILES string of the molecule is CN(C(=N)c1ccccc1)c1ccccc1.Cl. The Morgan fingerprint density at radius 3 is 1.88 bits per heavy atom. The van der Waals surface area contributed by atoms with Gasteiger partial charge in [-0.3, -0.25) is 5.41 Å². The van der Waals surface area contributed by atoms with Gasteiger partial charge in [-0.1, -0.05) is 48.5 Å². The van der Waals surface area contributed by atoms with Crippen LogP contribution >= 0.6 is 12.4 Å². The number of hydrogen-bond donors (Lipinski definition) is 1. The molecule has 1 N–H and O–H groups in total. The van der Waals surface area contributed by atoms with Gasteiger partial charge in [0.15, 0.2) is 0 Å². The summed E-state index contributed by atoms with van der Waals surface area (Å²) < 4.78 is 0. The fourth-order valence-electron chi connectivity index (χ4n) is 1.57. The molecule has 0 radical (unpaired) electrons. The molecule has 0 saturated carbocycles. The molecule has 0 atom stereocenters. The lowest BCUT2D eigenvalue weighted by Gasteiger charge is -2.20. The Morgan fingerprint density at radius 1 is 0.882 bits per heavy atom. The first-order chi connectivity index (χ1) is 7.79. The van der Waals surface area contributed by atoms with E-state index in [4.69, 9.17) is 5.41 Å². The minimum atomic E-state index is 0. The monoisotopic (exact) mass is 246 g/mol. The first-order valence-electron chi connectivity index (χ1n) is 5.22. The normalized spacial score (nSPS) is 9.24. The number of nitrogens with zero attached hydrogens (tertiary/aromatic N) is 1. The highest BCUT2D eigenvalue weighted by atomic mass is 35.5. The lowest BCUT2D eigenvalue weighted by molar-refractivity contribution is 1.22. The van der Waals surface area contributed by atoms with Crippen molar-refractivity contribution in [1.82, 2.24) is 0 Å². The second-order valence-corrected chi connectivity index (χ2v) is 3.61. The van der Waals surface area contributed by atoms with Crippen molar-refractivity contribution >= 4 is 23.9 Å². The van der Waals surface area contributed by atoms with Crippen molar-refractivity contribution in [2.24, 2.45) is 0 Å². The predicted octanol–water partition coefficient (Wildman–Crippen LogP) is 3.57. The fourth-order valence-corrected chi connectivity index (χ4v) is 1.57. The van der Waals surface area contributed by atoms with Crippen LogP contribution in [0.5, 0.6) is 0 Å². The summed E-state index contributed by atoms with van der Waals surface area (Å²) in [5, 5.41) is 8.10. The van der Waals surface area contributed by atoms with E-state index in [2.05, 4.69) is 0 Å². The van der Waals surface area contributed by atoms with Crippen LogP contribution in [0, 0.1) is 5.41 Å². The largest absolute Gasteiger partial charge is 0.329 e. The Bertz CT molecular complexity index is 468. The summed E-state index contributed by atoms with van der Waals surface area (Å²) in [5.41, 5.74) is 1.95. The van der Waals surface area contributed by atoms with E-state index >= 15 is 0 Å². The van der Waals surface area contributed by atoms with Gasteiger partial charge in [-0.25, -0.2) is 0 Å². The van der Waals surface area contributed by atoms with Crippen LogP contribution in [-0.4, -0.2) is 12.9 Å². The summed E-state index contributed by atoms with van der Waals surface area (Å²) >= 11 is 0. The number of halogens is 1. The van der Waals surface area contributed by atoms with E-state index in [9.17, 15) is 0 Å². The highest BCUT2D eigenvalue weighted by Gasteiger charge is 2.07. The smallest absolute Gasteiger partial charge is 0.132 e. The molecule has 0 aliphatic heterocycles. The number of benzene rings is 2. The molecule has 0 aromatic heterocycles. The Labute approximate surface area is 108 Å². The van der Waals surface area contributed by atoms with E-state index in [1.807, 2.05) is 72.6 Å². The zero-order valence-corrected chi connectivity index (χ0v) is 10.4. The second-order valence-electron chi connectivity index (χ2n) is 3.61. The number of para-hydroxylation sites is 1. The molecule has 2 nitrogen and oxygen atoms in total. The number of anilines is 1. The van der Waals surface area contributed by atoms with Gasteiger partial charge in [0, 0.05) is 18.3 Å². The maximum absolute atomic E-state index is 8.10. The Balaban J connectivity index is 0.00000144. The molecule has 2 aromatic carbocycles. The molecule has 0 aliphatic carbocycles. The van der Waals surface area contributed by atoms with Gasteiger partial charge in [0.25, 0.3) is 0 Å². The molecule has 2 aromatic rings. The first-order valence-corrected chi connectivity index (χ1v) is 5.22. The molecule has 0 heterocycles. The van der Waals surface area contributed by atoms with Gasteiger partial charge < -0.3 is 4.90 Å². The molecule has 0 unspecified atom stereocenters. The second kappa shape index (κ2) is 6.06. The van der Waals surface area contributed by atoms with E-state index in [-0.39, 0.29) is 12.4 Å². The van der Waals surface area contributed by atoms with E-state index in [1.165, 1.54) is 0 Å². The summed E-state index contributed by atoms with van der Waals surface area (Å²) in [6, 6.07) is 19.7. The van der Waals surface area contributed by atoms with Crippen LogP contribution in [0.2, 0.25) is 0 Å². The molecule has 3 heteroatoms. The summed E-state index contributed by atoms with van der Waals surface area (Å²) in [6.07, 6.45) is 0. The Kier molecular flexibility index (Phi) is 4.73. The summed E-state index contributed by atoms with van der Waals surface area (Å²) in [6.45, 7) is 0. The van der Waals surface area contributed by atoms with Crippen LogP contribution < -0.4 is 4.90 Å². The van der Waals surface area contributed by atoms with E-state index in [0.717, 1.165) is 11.3 Å². The third kappa shape index (κ3) is 3.08. The zero-order chi connectivity index (χ0) is 11.4. The third-order valence-corrected chi connectivity index (χ3v) is 2.53. The van der Waals surface area contributed by atoms with Crippen molar-refractivity contribution in [2.75, 3.05) is 11.9 Å². The molecule has 88 valence electrons. The van der Waals surface area contributed by atoms with Crippen molar-refractivity contribution in [3.63, 3.8) is 0 Å². The molecule has 0 aliphatic rings. The zero-order valence-electron chi connectivity index (χ0n) is 9.63. The number of amidine groups is 1. The van der Waals surface area contributed by atoms with Gasteiger partial charge in [0.1, 0.15) is 5.84 Å². The standard InChI is InChI=1S/C14H14N2.ClH/c1-16(13-10-6-3-7-11-13)14(15)12-8-4-2-5-9-12;/h2-11,15H,1H3;1H. The average Bonchev–Trinajstić information content (AvgIpc) is 2.39. The number of hydrogen-bond acceptors (Lipinski definition) is 1. The van der Waals surface area contributed by atoms with Gasteiger partial charge in [-0.05, 0) is 12.1 Å². The van der Waals surface area contributed by atoms with Crippen molar-refractivity contribution < 1.29 is 0 Å². The Morgan fingerprint density at radius 2 is 1.35 bits per heavy atom. The maximum Gasteiger partial charge on any atom is 0.132 e. The number of rotatable bonds is 2. The average molecular weight is 247 g/mol. The van der Waals surface area contributed by atoms with Crippen molar-refractivity contribution in [3.05, 3.63) is 66.2 Å². The lowest BCUT2D eigenvalue weighted by Crippen LogP contribution is -2.25. The van der Waals surface area contributed by atoms with E-state index in [1.54, 1.807) is 0 Å². The summed E-state index contributed by atoms with van der Waals surface area (Å²) in [4.78, 5) is 1.87. The Hall–Kier alpha value is -1.80. The topological polar surface area (TPSA) is 27.1 Å². The molecule has 0 amide bonds. The van der Waals surface area contributed by atoms with E-state index < -0.39 is 0 Å². The first kappa shape index (κ1) is 13.3. The maximum atomic E-state index is 8.10. The predicted molar refractivity (Wildman–Crippen MR) is 75.4 cm³/mol.